The van der Waals surface area contributed by atoms with Gasteiger partial charge < -0.3 is 14.8 Å². The summed E-state index contributed by atoms with van der Waals surface area (Å²) in [7, 11) is 0. The van der Waals surface area contributed by atoms with Gasteiger partial charge in [0.1, 0.15) is 0 Å². The predicted octanol–water partition coefficient (Wildman–Crippen LogP) is 2.49. The highest BCUT2D eigenvalue weighted by molar-refractivity contribution is 5.74. The Kier molecular flexibility index (Phi) is 3.80. The lowest BCUT2D eigenvalue weighted by Crippen LogP contribution is -2.47. The zero-order valence-corrected chi connectivity index (χ0v) is 13.2. The molecule has 22 heavy (non-hydrogen) atoms. The van der Waals surface area contributed by atoms with E-state index >= 15 is 0 Å². The molecule has 5 rings (SSSR count). The molecule has 1 aromatic rings. The fraction of sp³-hybridized carbons (Fsp3) is 0.765. The highest BCUT2D eigenvalue weighted by atomic mass is 16.2. The SMILES string of the molecule is O=C(NCCCn1ccnc1)N1CC2CC3CC(C2)CC1C3. The second-order valence-corrected chi connectivity index (χ2v) is 7.47. The van der Waals surface area contributed by atoms with Crippen molar-refractivity contribution in [2.24, 2.45) is 17.8 Å². The minimum atomic E-state index is 0.170. The highest BCUT2D eigenvalue weighted by Gasteiger charge is 2.43. The average molecular weight is 302 g/mol. The molecule has 0 radical (unpaired) electrons. The van der Waals surface area contributed by atoms with Gasteiger partial charge in [0.25, 0.3) is 0 Å². The lowest BCUT2D eigenvalue weighted by molar-refractivity contribution is 0.131. The molecule has 3 heterocycles. The third-order valence-corrected chi connectivity index (χ3v) is 5.80. The third kappa shape index (κ3) is 2.85. The summed E-state index contributed by atoms with van der Waals surface area (Å²) in [6.45, 7) is 2.65. The minimum absolute atomic E-state index is 0.170. The number of imidazole rings is 1. The first kappa shape index (κ1) is 14.1. The van der Waals surface area contributed by atoms with Crippen molar-refractivity contribution in [3.8, 4) is 0 Å². The lowest BCUT2D eigenvalue weighted by Gasteiger charge is -2.38. The Bertz CT molecular complexity index is 501. The number of aromatic nitrogens is 2. The van der Waals surface area contributed by atoms with Crippen LogP contribution in [0.1, 0.15) is 38.5 Å². The van der Waals surface area contributed by atoms with Gasteiger partial charge in [-0.2, -0.15) is 0 Å². The summed E-state index contributed by atoms with van der Waals surface area (Å²) >= 11 is 0. The van der Waals surface area contributed by atoms with Gasteiger partial charge in [-0.3, -0.25) is 0 Å². The number of nitrogens with one attached hydrogen (secondary N) is 1. The van der Waals surface area contributed by atoms with E-state index < -0.39 is 0 Å². The Balaban J connectivity index is 1.29. The smallest absolute Gasteiger partial charge is 0.317 e. The molecule has 4 bridgehead atoms. The van der Waals surface area contributed by atoms with E-state index in [9.17, 15) is 4.79 Å². The Morgan fingerprint density at radius 1 is 1.14 bits per heavy atom. The number of rotatable bonds is 4. The average Bonchev–Trinajstić information content (AvgIpc) is 2.93. The van der Waals surface area contributed by atoms with Crippen molar-refractivity contribution in [3.05, 3.63) is 18.7 Å². The second kappa shape index (κ2) is 5.94. The van der Waals surface area contributed by atoms with Gasteiger partial charge in [-0.1, -0.05) is 0 Å². The van der Waals surface area contributed by atoms with Gasteiger partial charge in [0.05, 0.1) is 6.33 Å². The van der Waals surface area contributed by atoms with Gasteiger partial charge in [-0.15, -0.1) is 0 Å². The van der Waals surface area contributed by atoms with E-state index in [4.69, 9.17) is 0 Å². The molecule has 0 aromatic carbocycles. The highest BCUT2D eigenvalue weighted by Crippen LogP contribution is 2.47. The zero-order chi connectivity index (χ0) is 14.9. The molecule has 2 saturated heterocycles. The van der Waals surface area contributed by atoms with Crippen LogP contribution in [0.15, 0.2) is 18.7 Å². The van der Waals surface area contributed by atoms with Gasteiger partial charge in [0.2, 0.25) is 0 Å². The molecular weight excluding hydrogens is 276 g/mol. The number of nitrogens with zero attached hydrogens (tertiary/aromatic N) is 3. The van der Waals surface area contributed by atoms with Crippen LogP contribution in [0.3, 0.4) is 0 Å². The molecule has 1 aromatic heterocycles. The van der Waals surface area contributed by atoms with Gasteiger partial charge in [0, 0.05) is 38.1 Å². The maximum Gasteiger partial charge on any atom is 0.317 e. The zero-order valence-electron chi connectivity index (χ0n) is 13.2. The van der Waals surface area contributed by atoms with Gasteiger partial charge in [-0.25, -0.2) is 9.78 Å². The standard InChI is InChI=1S/C17H26N4O/c22-17(19-2-1-4-20-5-3-18-12-20)21-11-15-7-13-6-14(8-15)10-16(21)9-13/h3,5,12-16H,1-2,4,6-11H2,(H,19,22). The summed E-state index contributed by atoms with van der Waals surface area (Å²) in [6, 6.07) is 0.675. The Morgan fingerprint density at radius 2 is 1.91 bits per heavy atom. The Hall–Kier alpha value is -1.52. The molecule has 2 unspecified atom stereocenters. The molecular formula is C17H26N4O. The summed E-state index contributed by atoms with van der Waals surface area (Å²) in [5, 5.41) is 3.14. The predicted molar refractivity (Wildman–Crippen MR) is 84.3 cm³/mol. The molecule has 1 N–H and O–H groups in total. The fourth-order valence-electron chi connectivity index (χ4n) is 5.01. The van der Waals surface area contributed by atoms with Crippen molar-refractivity contribution in [1.29, 1.82) is 0 Å². The molecule has 120 valence electrons. The van der Waals surface area contributed by atoms with Crippen LogP contribution in [0.5, 0.6) is 0 Å². The van der Waals surface area contributed by atoms with Gasteiger partial charge in [0.15, 0.2) is 0 Å². The Labute approximate surface area is 132 Å². The van der Waals surface area contributed by atoms with Crippen molar-refractivity contribution in [3.63, 3.8) is 0 Å². The molecule has 5 nitrogen and oxygen atoms in total. The van der Waals surface area contributed by atoms with E-state index in [1.807, 2.05) is 12.5 Å². The number of hydrogen-bond acceptors (Lipinski definition) is 2. The monoisotopic (exact) mass is 302 g/mol. The summed E-state index contributed by atoms with van der Waals surface area (Å²) in [5.41, 5.74) is 0. The van der Waals surface area contributed by atoms with Crippen molar-refractivity contribution in [2.45, 2.75) is 51.1 Å². The molecule has 2 amide bonds. The number of hydrogen-bond donors (Lipinski definition) is 1. The molecule has 0 spiro atoms. The first-order valence-electron chi connectivity index (χ1n) is 8.78. The van der Waals surface area contributed by atoms with Crippen molar-refractivity contribution < 1.29 is 4.79 Å². The minimum Gasteiger partial charge on any atom is -0.338 e. The van der Waals surface area contributed by atoms with Crippen LogP contribution in [0.25, 0.3) is 0 Å². The van der Waals surface area contributed by atoms with Crippen molar-refractivity contribution in [1.82, 2.24) is 19.8 Å². The van der Waals surface area contributed by atoms with E-state index in [1.165, 1.54) is 32.1 Å². The Morgan fingerprint density at radius 3 is 2.64 bits per heavy atom. The molecule has 5 heteroatoms. The third-order valence-electron chi connectivity index (χ3n) is 5.80. The van der Waals surface area contributed by atoms with Crippen LogP contribution in [0.2, 0.25) is 0 Å². The van der Waals surface area contributed by atoms with Crippen LogP contribution in [0.4, 0.5) is 4.79 Å². The molecule has 2 aliphatic heterocycles. The quantitative estimate of drug-likeness (QED) is 0.869. The fourth-order valence-corrected chi connectivity index (χ4v) is 5.01. The normalized spacial score (nSPS) is 33.0. The molecule has 4 fully saturated rings. The van der Waals surface area contributed by atoms with Crippen LogP contribution in [-0.2, 0) is 6.54 Å². The summed E-state index contributed by atoms with van der Waals surface area (Å²) in [5.74, 6) is 2.54. The number of urea groups is 1. The number of carbonyl (C=O) groups is 1. The molecule has 2 atom stereocenters. The topological polar surface area (TPSA) is 50.2 Å². The van der Waals surface area contributed by atoms with Gasteiger partial charge >= 0.3 is 6.03 Å². The molecule has 2 saturated carbocycles. The molecule has 4 aliphatic rings. The van der Waals surface area contributed by atoms with Crippen LogP contribution in [-0.4, -0.2) is 39.6 Å². The van der Waals surface area contributed by atoms with E-state index in [0.717, 1.165) is 43.8 Å². The summed E-state index contributed by atoms with van der Waals surface area (Å²) in [6.07, 6.45) is 13.2. The largest absolute Gasteiger partial charge is 0.338 e. The van der Waals surface area contributed by atoms with E-state index in [0.29, 0.717) is 6.04 Å². The molecule has 2 aliphatic carbocycles. The van der Waals surface area contributed by atoms with Crippen molar-refractivity contribution >= 4 is 6.03 Å². The van der Waals surface area contributed by atoms with Gasteiger partial charge in [-0.05, 0) is 56.3 Å². The van der Waals surface area contributed by atoms with E-state index in [-0.39, 0.29) is 6.03 Å². The van der Waals surface area contributed by atoms with E-state index in [1.54, 1.807) is 6.20 Å². The number of amides is 2. The van der Waals surface area contributed by atoms with Crippen LogP contribution >= 0.6 is 0 Å². The lowest BCUT2D eigenvalue weighted by atomic mass is 9.68. The van der Waals surface area contributed by atoms with Crippen molar-refractivity contribution in [2.75, 3.05) is 13.1 Å². The van der Waals surface area contributed by atoms with Crippen LogP contribution in [0, 0.1) is 17.8 Å². The van der Waals surface area contributed by atoms with Crippen LogP contribution < -0.4 is 5.32 Å². The maximum absolute atomic E-state index is 12.6. The first-order chi connectivity index (χ1) is 10.8. The number of aryl methyl sites for hydroxylation is 1. The summed E-state index contributed by atoms with van der Waals surface area (Å²) < 4.78 is 2.05. The van der Waals surface area contributed by atoms with E-state index in [2.05, 4.69) is 19.8 Å². The second-order valence-electron chi connectivity index (χ2n) is 7.47. The number of carbonyl (C=O) groups excluding carboxylic acids is 1. The maximum atomic E-state index is 12.6. The first-order valence-corrected chi connectivity index (χ1v) is 8.78. The number of fused-ring (bicyclic) bond motifs is 1. The summed E-state index contributed by atoms with van der Waals surface area (Å²) in [4.78, 5) is 18.8.